The van der Waals surface area contributed by atoms with E-state index in [0.29, 0.717) is 16.8 Å². The Kier molecular flexibility index (Phi) is 7.29. The van der Waals surface area contributed by atoms with Crippen LogP contribution in [-0.4, -0.2) is 36.0 Å². The van der Waals surface area contributed by atoms with Crippen molar-refractivity contribution in [2.45, 2.75) is 64.7 Å². The van der Waals surface area contributed by atoms with Crippen molar-refractivity contribution in [3.8, 4) is 5.75 Å². The molecule has 0 atom stereocenters. The second-order valence-corrected chi connectivity index (χ2v) is 7.76. The standard InChI is InChI=1S/C21H28F2N2O3/c1-13(11-14-5-10-17(28-20(22)23)12-18(14)24-4)19(26)25-16-8-6-15(7-9-16)21(2,3)27/h5,10-12,15-16,20,27H,4,6-9H2,1-3H3,(H,25,26)/b13-11+. The summed E-state index contributed by atoms with van der Waals surface area (Å²) in [6.07, 6.45) is 5.04. The number of amides is 1. The number of alkyl halides is 2. The van der Waals surface area contributed by atoms with Crippen molar-refractivity contribution in [2.75, 3.05) is 0 Å². The zero-order chi connectivity index (χ0) is 20.9. The lowest BCUT2D eigenvalue weighted by atomic mass is 9.77. The van der Waals surface area contributed by atoms with Gasteiger partial charge in [0.25, 0.3) is 0 Å². The molecule has 0 spiro atoms. The maximum absolute atomic E-state index is 12.5. The van der Waals surface area contributed by atoms with Gasteiger partial charge in [0.1, 0.15) is 5.75 Å². The van der Waals surface area contributed by atoms with Gasteiger partial charge in [0.05, 0.1) is 11.3 Å². The third-order valence-electron chi connectivity index (χ3n) is 5.19. The number of hydrogen-bond donors (Lipinski definition) is 2. The Balaban J connectivity index is 2.01. The summed E-state index contributed by atoms with van der Waals surface area (Å²) in [5, 5.41) is 13.1. The average molecular weight is 394 g/mol. The summed E-state index contributed by atoms with van der Waals surface area (Å²) in [7, 11) is 0. The molecule has 154 valence electrons. The highest BCUT2D eigenvalue weighted by Crippen LogP contribution is 2.33. The van der Waals surface area contributed by atoms with E-state index in [9.17, 15) is 18.7 Å². The molecule has 2 N–H and O–H groups in total. The van der Waals surface area contributed by atoms with E-state index >= 15 is 0 Å². The van der Waals surface area contributed by atoms with Gasteiger partial charge in [0, 0.05) is 23.2 Å². The quantitative estimate of drug-likeness (QED) is 0.529. The monoisotopic (exact) mass is 394 g/mol. The number of aliphatic imine (C=N–C) groups is 1. The third kappa shape index (κ3) is 6.12. The Morgan fingerprint density at radius 3 is 2.54 bits per heavy atom. The van der Waals surface area contributed by atoms with Crippen LogP contribution in [-0.2, 0) is 4.79 Å². The first-order chi connectivity index (χ1) is 13.1. The molecular weight excluding hydrogens is 366 g/mol. The summed E-state index contributed by atoms with van der Waals surface area (Å²) in [4.78, 5) is 16.3. The number of carbonyl (C=O) groups excluding carboxylic acids is 1. The second kappa shape index (κ2) is 9.28. The lowest BCUT2D eigenvalue weighted by molar-refractivity contribution is -0.118. The van der Waals surface area contributed by atoms with E-state index in [1.54, 1.807) is 19.1 Å². The molecule has 5 nitrogen and oxygen atoms in total. The number of ether oxygens (including phenoxy) is 1. The van der Waals surface area contributed by atoms with Crippen LogP contribution in [0.25, 0.3) is 6.08 Å². The van der Waals surface area contributed by atoms with Crippen molar-refractivity contribution in [3.05, 3.63) is 29.3 Å². The largest absolute Gasteiger partial charge is 0.435 e. The van der Waals surface area contributed by atoms with Crippen LogP contribution in [0.4, 0.5) is 14.5 Å². The van der Waals surface area contributed by atoms with Crippen LogP contribution in [0.5, 0.6) is 5.75 Å². The molecule has 1 aliphatic rings. The summed E-state index contributed by atoms with van der Waals surface area (Å²) < 4.78 is 29.0. The van der Waals surface area contributed by atoms with Crippen LogP contribution in [0.3, 0.4) is 0 Å². The number of aliphatic hydroxyl groups is 1. The third-order valence-corrected chi connectivity index (χ3v) is 5.19. The van der Waals surface area contributed by atoms with Crippen LogP contribution in [0.2, 0.25) is 0 Å². The molecule has 0 aromatic heterocycles. The summed E-state index contributed by atoms with van der Waals surface area (Å²) >= 11 is 0. The fourth-order valence-corrected chi connectivity index (χ4v) is 3.50. The summed E-state index contributed by atoms with van der Waals surface area (Å²) in [6.45, 7) is 5.86. The Morgan fingerprint density at radius 1 is 1.36 bits per heavy atom. The van der Waals surface area contributed by atoms with Crippen molar-refractivity contribution in [1.82, 2.24) is 5.32 Å². The Morgan fingerprint density at radius 2 is 2.00 bits per heavy atom. The van der Waals surface area contributed by atoms with Crippen LogP contribution in [0.1, 0.15) is 52.0 Å². The second-order valence-electron chi connectivity index (χ2n) is 7.76. The van der Waals surface area contributed by atoms with Gasteiger partial charge in [-0.15, -0.1) is 0 Å². The molecule has 1 aliphatic carbocycles. The highest BCUT2D eigenvalue weighted by molar-refractivity contribution is 5.98. The van der Waals surface area contributed by atoms with E-state index in [0.717, 1.165) is 25.7 Å². The summed E-state index contributed by atoms with van der Waals surface area (Å²) in [5.41, 5.74) is 0.738. The molecule has 1 fully saturated rings. The first kappa shape index (κ1) is 22.0. The van der Waals surface area contributed by atoms with E-state index < -0.39 is 12.2 Å². The maximum atomic E-state index is 12.5. The molecule has 1 saturated carbocycles. The summed E-state index contributed by atoms with van der Waals surface area (Å²) in [6, 6.07) is 4.39. The van der Waals surface area contributed by atoms with Gasteiger partial charge in [-0.25, -0.2) is 0 Å². The van der Waals surface area contributed by atoms with Crippen molar-refractivity contribution in [3.63, 3.8) is 0 Å². The van der Waals surface area contributed by atoms with Gasteiger partial charge in [-0.1, -0.05) is 0 Å². The Bertz CT molecular complexity index is 734. The molecule has 28 heavy (non-hydrogen) atoms. The molecular formula is C21H28F2N2O3. The molecule has 1 aromatic rings. The number of benzene rings is 1. The van der Waals surface area contributed by atoms with Crippen molar-refractivity contribution < 1.29 is 23.4 Å². The van der Waals surface area contributed by atoms with E-state index in [1.807, 2.05) is 13.8 Å². The van der Waals surface area contributed by atoms with Crippen LogP contribution < -0.4 is 10.1 Å². The minimum Gasteiger partial charge on any atom is -0.435 e. The number of hydrogen-bond acceptors (Lipinski definition) is 4. The molecule has 1 amide bonds. The minimum atomic E-state index is -2.92. The molecule has 0 bridgehead atoms. The van der Waals surface area contributed by atoms with Gasteiger partial charge in [-0.3, -0.25) is 9.79 Å². The lowest BCUT2D eigenvalue weighted by Gasteiger charge is -2.36. The number of carbonyl (C=O) groups is 1. The summed E-state index contributed by atoms with van der Waals surface area (Å²) in [5.74, 6) is 0.0438. The number of nitrogens with one attached hydrogen (secondary N) is 1. The van der Waals surface area contributed by atoms with Gasteiger partial charge < -0.3 is 15.2 Å². The van der Waals surface area contributed by atoms with E-state index in [-0.39, 0.29) is 23.6 Å². The number of nitrogens with zero attached hydrogens (tertiary/aromatic N) is 1. The smallest absolute Gasteiger partial charge is 0.387 e. The van der Waals surface area contributed by atoms with E-state index in [1.165, 1.54) is 12.1 Å². The van der Waals surface area contributed by atoms with E-state index in [4.69, 9.17) is 0 Å². The van der Waals surface area contributed by atoms with Crippen LogP contribution in [0, 0.1) is 5.92 Å². The van der Waals surface area contributed by atoms with Crippen molar-refractivity contribution >= 4 is 24.4 Å². The topological polar surface area (TPSA) is 70.9 Å². The molecule has 0 saturated heterocycles. The van der Waals surface area contributed by atoms with Crippen LogP contribution in [0.15, 0.2) is 28.8 Å². The van der Waals surface area contributed by atoms with Gasteiger partial charge in [0.2, 0.25) is 5.91 Å². The molecule has 0 heterocycles. The molecule has 1 aromatic carbocycles. The van der Waals surface area contributed by atoms with Crippen LogP contribution >= 0.6 is 0 Å². The van der Waals surface area contributed by atoms with Gasteiger partial charge in [-0.05, 0) is 77.3 Å². The molecule has 0 aliphatic heterocycles. The highest BCUT2D eigenvalue weighted by Gasteiger charge is 2.31. The maximum Gasteiger partial charge on any atom is 0.387 e. The normalized spacial score (nSPS) is 20.8. The first-order valence-corrected chi connectivity index (χ1v) is 9.37. The zero-order valence-corrected chi connectivity index (χ0v) is 16.5. The fraction of sp³-hybridized carbons (Fsp3) is 0.524. The highest BCUT2D eigenvalue weighted by atomic mass is 19.3. The first-order valence-electron chi connectivity index (χ1n) is 9.37. The van der Waals surface area contributed by atoms with Gasteiger partial charge in [0.15, 0.2) is 0 Å². The number of rotatable bonds is 7. The number of halogens is 2. The zero-order valence-electron chi connectivity index (χ0n) is 16.5. The Labute approximate surface area is 164 Å². The van der Waals surface area contributed by atoms with Gasteiger partial charge in [-0.2, -0.15) is 8.78 Å². The van der Waals surface area contributed by atoms with Crippen molar-refractivity contribution in [1.29, 1.82) is 0 Å². The minimum absolute atomic E-state index is 0.0137. The molecule has 7 heteroatoms. The van der Waals surface area contributed by atoms with E-state index in [2.05, 4.69) is 21.8 Å². The fourth-order valence-electron chi connectivity index (χ4n) is 3.50. The SMILES string of the molecule is C=Nc1cc(OC(F)F)ccc1/C=C(\C)C(=O)NC1CCC(C(C)(C)O)CC1. The molecule has 0 radical (unpaired) electrons. The predicted molar refractivity (Wildman–Crippen MR) is 106 cm³/mol. The lowest BCUT2D eigenvalue weighted by Crippen LogP contribution is -2.42. The molecule has 0 unspecified atom stereocenters. The Hall–Kier alpha value is -2.28. The van der Waals surface area contributed by atoms with Crippen molar-refractivity contribution in [2.24, 2.45) is 10.9 Å². The van der Waals surface area contributed by atoms with Gasteiger partial charge >= 0.3 is 6.61 Å². The predicted octanol–water partition coefficient (Wildman–Crippen LogP) is 4.47. The average Bonchev–Trinajstić information content (AvgIpc) is 2.62. The molecule has 2 rings (SSSR count).